The number of nitrogens with zero attached hydrogens (tertiary/aromatic N) is 1. The van der Waals surface area contributed by atoms with Crippen molar-refractivity contribution in [3.05, 3.63) is 108 Å². The van der Waals surface area contributed by atoms with Gasteiger partial charge in [0.15, 0.2) is 0 Å². The monoisotopic (exact) mass is 413 g/mol. The molecule has 0 radical (unpaired) electrons. The predicted octanol–water partition coefficient (Wildman–Crippen LogP) is 5.32. The fourth-order valence-corrected chi connectivity index (χ4v) is 4.36. The highest BCUT2D eigenvalue weighted by atomic mass is 16.5. The van der Waals surface area contributed by atoms with Crippen molar-refractivity contribution in [1.82, 2.24) is 4.90 Å². The van der Waals surface area contributed by atoms with Crippen molar-refractivity contribution in [3.8, 4) is 0 Å². The Bertz CT molecular complexity index is 1000. The Kier molecular flexibility index (Phi) is 6.46. The number of rotatable bonds is 6. The molecule has 0 aliphatic carbocycles. The summed E-state index contributed by atoms with van der Waals surface area (Å²) in [4.78, 5) is 28.1. The number of amides is 1. The average molecular weight is 414 g/mol. The number of carbonyl (C=O) groups excluding carboxylic acids is 2. The molecular formula is C27H27NO3. The van der Waals surface area contributed by atoms with Crippen molar-refractivity contribution in [1.29, 1.82) is 0 Å². The zero-order chi connectivity index (χ0) is 21.6. The Labute approximate surface area is 183 Å². The van der Waals surface area contributed by atoms with Gasteiger partial charge in [-0.3, -0.25) is 4.79 Å². The van der Waals surface area contributed by atoms with Crippen molar-refractivity contribution in [2.45, 2.75) is 37.8 Å². The summed E-state index contributed by atoms with van der Waals surface area (Å²) >= 11 is 0. The summed E-state index contributed by atoms with van der Waals surface area (Å²) in [6.45, 7) is 2.74. The van der Waals surface area contributed by atoms with E-state index in [1.165, 1.54) is 0 Å². The molecule has 1 saturated heterocycles. The van der Waals surface area contributed by atoms with Crippen molar-refractivity contribution >= 4 is 11.9 Å². The molecule has 0 spiro atoms. The lowest BCUT2D eigenvalue weighted by atomic mass is 9.89. The number of ether oxygens (including phenoxy) is 1. The van der Waals surface area contributed by atoms with Gasteiger partial charge in [-0.05, 0) is 42.7 Å². The topological polar surface area (TPSA) is 46.6 Å². The summed E-state index contributed by atoms with van der Waals surface area (Å²) in [5, 5.41) is 0. The summed E-state index contributed by atoms with van der Waals surface area (Å²) < 4.78 is 6.12. The molecule has 0 bridgehead atoms. The van der Waals surface area contributed by atoms with E-state index in [0.717, 1.165) is 18.4 Å². The second-order valence-corrected chi connectivity index (χ2v) is 8.01. The van der Waals surface area contributed by atoms with Crippen LogP contribution in [0.1, 0.15) is 52.0 Å². The molecule has 1 aliphatic rings. The van der Waals surface area contributed by atoms with Crippen LogP contribution in [0.4, 0.5) is 0 Å². The maximum Gasteiger partial charge on any atom is 0.338 e. The van der Waals surface area contributed by atoms with Gasteiger partial charge in [0, 0.05) is 18.0 Å². The van der Waals surface area contributed by atoms with Crippen LogP contribution in [0.3, 0.4) is 0 Å². The molecule has 1 amide bonds. The predicted molar refractivity (Wildman–Crippen MR) is 121 cm³/mol. The van der Waals surface area contributed by atoms with Gasteiger partial charge < -0.3 is 9.64 Å². The van der Waals surface area contributed by atoms with E-state index >= 15 is 0 Å². The lowest BCUT2D eigenvalue weighted by Crippen LogP contribution is -2.46. The third-order valence-electron chi connectivity index (χ3n) is 6.03. The zero-order valence-electron chi connectivity index (χ0n) is 17.7. The number of hydrogen-bond acceptors (Lipinski definition) is 3. The number of hydrogen-bond donors (Lipinski definition) is 0. The summed E-state index contributed by atoms with van der Waals surface area (Å²) in [6, 6.07) is 28.2. The van der Waals surface area contributed by atoms with Gasteiger partial charge in [0.25, 0.3) is 5.91 Å². The fourth-order valence-electron chi connectivity index (χ4n) is 4.36. The first kappa shape index (κ1) is 20.9. The van der Waals surface area contributed by atoms with Crippen LogP contribution in [0, 0.1) is 0 Å². The summed E-state index contributed by atoms with van der Waals surface area (Å²) in [7, 11) is 0. The van der Waals surface area contributed by atoms with E-state index in [1.54, 1.807) is 12.1 Å². The lowest BCUT2D eigenvalue weighted by Gasteiger charge is -2.35. The van der Waals surface area contributed by atoms with Gasteiger partial charge in [-0.1, -0.05) is 73.7 Å². The van der Waals surface area contributed by atoms with Gasteiger partial charge in [0.05, 0.1) is 11.6 Å². The molecular weight excluding hydrogens is 386 g/mol. The molecule has 2 unspecified atom stereocenters. The first-order valence-corrected chi connectivity index (χ1v) is 10.8. The van der Waals surface area contributed by atoms with E-state index in [2.05, 4.69) is 6.92 Å². The van der Waals surface area contributed by atoms with Crippen molar-refractivity contribution in [3.63, 3.8) is 0 Å². The smallest absolute Gasteiger partial charge is 0.338 e. The molecule has 158 valence electrons. The molecule has 3 aromatic rings. The van der Waals surface area contributed by atoms with Crippen molar-refractivity contribution < 1.29 is 14.3 Å². The summed E-state index contributed by atoms with van der Waals surface area (Å²) in [5.74, 6) is -0.417. The minimum Gasteiger partial charge on any atom is -0.456 e. The quantitative estimate of drug-likeness (QED) is 0.514. The lowest BCUT2D eigenvalue weighted by molar-refractivity contribution is -0.000845. The van der Waals surface area contributed by atoms with E-state index in [1.807, 2.05) is 83.8 Å². The minimum absolute atomic E-state index is 0.0101. The van der Waals surface area contributed by atoms with Crippen LogP contribution < -0.4 is 0 Å². The van der Waals surface area contributed by atoms with Crippen LogP contribution in [-0.2, 0) is 4.74 Å². The standard InChI is InChI=1S/C27H27NO3/c1-20(21-12-5-2-6-13-21)25(31-27(30)23-16-9-4-10-17-23)24-18-11-19-28(24)26(29)22-14-7-3-8-15-22/h2-10,12-17,20,24-25H,11,18-19H2,1H3/t20?,24-,25?/m1/s1. The highest BCUT2D eigenvalue weighted by molar-refractivity contribution is 5.94. The van der Waals surface area contributed by atoms with E-state index in [-0.39, 0.29) is 23.8 Å². The Hall–Kier alpha value is -3.40. The molecule has 1 heterocycles. The molecule has 3 aromatic carbocycles. The van der Waals surface area contributed by atoms with Crippen LogP contribution in [0.2, 0.25) is 0 Å². The zero-order valence-corrected chi connectivity index (χ0v) is 17.7. The minimum atomic E-state index is -0.440. The van der Waals surface area contributed by atoms with Crippen molar-refractivity contribution in [2.24, 2.45) is 0 Å². The number of likely N-dealkylation sites (tertiary alicyclic amines) is 1. The molecule has 4 rings (SSSR count). The normalized spacial score (nSPS) is 17.7. The van der Waals surface area contributed by atoms with Crippen LogP contribution in [0.15, 0.2) is 91.0 Å². The Morgan fingerprint density at radius 3 is 2.00 bits per heavy atom. The molecule has 3 atom stereocenters. The van der Waals surface area contributed by atoms with E-state index in [0.29, 0.717) is 17.7 Å². The second-order valence-electron chi connectivity index (χ2n) is 8.01. The molecule has 4 nitrogen and oxygen atoms in total. The Balaban J connectivity index is 1.64. The molecule has 1 fully saturated rings. The van der Waals surface area contributed by atoms with Gasteiger partial charge in [0.1, 0.15) is 6.10 Å². The Morgan fingerprint density at radius 1 is 0.839 bits per heavy atom. The molecule has 0 saturated carbocycles. The first-order valence-electron chi connectivity index (χ1n) is 10.8. The van der Waals surface area contributed by atoms with Crippen molar-refractivity contribution in [2.75, 3.05) is 6.54 Å². The highest BCUT2D eigenvalue weighted by Gasteiger charge is 2.40. The SMILES string of the molecule is CC(c1ccccc1)C(OC(=O)c1ccccc1)[C@H]1CCCN1C(=O)c1ccccc1. The van der Waals surface area contributed by atoms with Gasteiger partial charge in [-0.15, -0.1) is 0 Å². The summed E-state index contributed by atoms with van der Waals surface area (Å²) in [6.07, 6.45) is 1.26. The van der Waals surface area contributed by atoms with E-state index in [4.69, 9.17) is 4.74 Å². The van der Waals surface area contributed by atoms with Gasteiger partial charge in [-0.2, -0.15) is 0 Å². The number of carbonyl (C=O) groups is 2. The van der Waals surface area contributed by atoms with E-state index in [9.17, 15) is 9.59 Å². The molecule has 31 heavy (non-hydrogen) atoms. The maximum atomic E-state index is 13.3. The third-order valence-corrected chi connectivity index (χ3v) is 6.03. The molecule has 0 aromatic heterocycles. The summed E-state index contributed by atoms with van der Waals surface area (Å²) in [5.41, 5.74) is 2.27. The fraction of sp³-hybridized carbons (Fsp3) is 0.259. The van der Waals surface area contributed by atoms with E-state index < -0.39 is 6.10 Å². The molecule has 0 N–H and O–H groups in total. The molecule has 1 aliphatic heterocycles. The van der Waals surface area contributed by atoms with Crippen LogP contribution in [-0.4, -0.2) is 35.5 Å². The number of esters is 1. The number of benzene rings is 3. The Morgan fingerprint density at radius 2 is 1.39 bits per heavy atom. The van der Waals surface area contributed by atoms with Crippen LogP contribution in [0.5, 0.6) is 0 Å². The highest BCUT2D eigenvalue weighted by Crippen LogP contribution is 2.33. The third kappa shape index (κ3) is 4.69. The molecule has 4 heteroatoms. The second kappa shape index (κ2) is 9.61. The van der Waals surface area contributed by atoms with Gasteiger partial charge >= 0.3 is 5.97 Å². The van der Waals surface area contributed by atoms with Gasteiger partial charge in [0.2, 0.25) is 0 Å². The van der Waals surface area contributed by atoms with Gasteiger partial charge in [-0.25, -0.2) is 4.79 Å². The maximum absolute atomic E-state index is 13.3. The average Bonchev–Trinajstić information content (AvgIpc) is 3.32. The largest absolute Gasteiger partial charge is 0.456 e. The first-order chi connectivity index (χ1) is 15.1. The van der Waals surface area contributed by atoms with Crippen LogP contribution >= 0.6 is 0 Å². The van der Waals surface area contributed by atoms with Crippen LogP contribution in [0.25, 0.3) is 0 Å².